The molecule has 0 aromatic heterocycles. The van der Waals surface area contributed by atoms with Crippen LogP contribution in [-0.2, 0) is 19.1 Å². The molecule has 0 aromatic carbocycles. The van der Waals surface area contributed by atoms with E-state index in [9.17, 15) is 19.5 Å². The number of aliphatic hydroxyl groups is 1. The smallest absolute Gasteiger partial charge is 0.311 e. The second-order valence-electron chi connectivity index (χ2n) is 10.2. The number of thioether (sulfide) groups is 1. The molecule has 2 saturated heterocycles. The molecule has 0 saturated carbocycles. The van der Waals surface area contributed by atoms with Gasteiger partial charge in [-0.2, -0.15) is 0 Å². The number of cyclic esters (lactones) is 1. The van der Waals surface area contributed by atoms with Crippen molar-refractivity contribution in [3.8, 4) is 0 Å². The Morgan fingerprint density at radius 3 is 2.52 bits per heavy atom. The molecule has 2 amide bonds. The number of fused-ring (bicyclic) bond motifs is 2. The average Bonchev–Trinajstić information content (AvgIpc) is 3.07. The lowest BCUT2D eigenvalue weighted by Crippen LogP contribution is -2.58. The molecular weight excluding hydrogens is 440 g/mol. The fourth-order valence-electron chi connectivity index (χ4n) is 6.08. The highest BCUT2D eigenvalue weighted by atomic mass is 32.2. The van der Waals surface area contributed by atoms with E-state index in [4.69, 9.17) is 4.74 Å². The Bertz CT molecular complexity index is 888. The van der Waals surface area contributed by atoms with E-state index < -0.39 is 33.4 Å². The molecule has 0 bridgehead atoms. The summed E-state index contributed by atoms with van der Waals surface area (Å²) in [5, 5.41) is 10.4. The SMILES string of the molecule is CC[C@H](C)[C@H](CO)N1C(=O)[C@@H]2[C@H]3C(=O)OCCC=C[C@@]3(C)S[C@@]23C=CCN(C(C)C)C(=O)C13. The van der Waals surface area contributed by atoms with E-state index >= 15 is 0 Å². The molecule has 7 nitrogen and oxygen atoms in total. The number of likely N-dealkylation sites (tertiary alicyclic amines) is 1. The zero-order chi connectivity index (χ0) is 24.1. The highest BCUT2D eigenvalue weighted by Gasteiger charge is 2.74. The van der Waals surface area contributed by atoms with Crippen LogP contribution in [0.4, 0.5) is 0 Å². The highest BCUT2D eigenvalue weighted by molar-refractivity contribution is 8.02. The Kier molecular flexibility index (Phi) is 6.46. The zero-order valence-corrected chi connectivity index (χ0v) is 21.0. The van der Waals surface area contributed by atoms with Crippen molar-refractivity contribution in [3.05, 3.63) is 24.3 Å². The van der Waals surface area contributed by atoms with Gasteiger partial charge in [0.1, 0.15) is 6.04 Å². The number of esters is 1. The van der Waals surface area contributed by atoms with Crippen LogP contribution in [0, 0.1) is 17.8 Å². The molecular formula is C25H36N2O5S. The van der Waals surface area contributed by atoms with Crippen molar-refractivity contribution in [3.63, 3.8) is 0 Å². The summed E-state index contributed by atoms with van der Waals surface area (Å²) in [5.74, 6) is -2.13. The maximum Gasteiger partial charge on any atom is 0.311 e. The van der Waals surface area contributed by atoms with Crippen molar-refractivity contribution < 1.29 is 24.2 Å². The maximum atomic E-state index is 14.2. The van der Waals surface area contributed by atoms with Gasteiger partial charge in [0.15, 0.2) is 0 Å². The second-order valence-corrected chi connectivity index (χ2v) is 12.0. The zero-order valence-electron chi connectivity index (χ0n) is 20.2. The van der Waals surface area contributed by atoms with Crippen LogP contribution in [0.1, 0.15) is 47.5 Å². The van der Waals surface area contributed by atoms with Crippen LogP contribution in [0.3, 0.4) is 0 Å². The molecule has 4 rings (SSSR count). The monoisotopic (exact) mass is 476 g/mol. The summed E-state index contributed by atoms with van der Waals surface area (Å²) in [6.45, 7) is 10.5. The van der Waals surface area contributed by atoms with Gasteiger partial charge in [0, 0.05) is 17.3 Å². The van der Waals surface area contributed by atoms with Crippen molar-refractivity contribution in [2.24, 2.45) is 17.8 Å². The first-order chi connectivity index (χ1) is 15.6. The van der Waals surface area contributed by atoms with Crippen LogP contribution in [0.2, 0.25) is 0 Å². The molecule has 182 valence electrons. The number of hydrogen-bond donors (Lipinski definition) is 1. The van der Waals surface area contributed by atoms with E-state index in [1.54, 1.807) is 21.6 Å². The number of rotatable bonds is 5. The van der Waals surface area contributed by atoms with Crippen molar-refractivity contribution in [1.29, 1.82) is 0 Å². The van der Waals surface area contributed by atoms with Gasteiger partial charge >= 0.3 is 5.97 Å². The van der Waals surface area contributed by atoms with E-state index in [1.807, 2.05) is 58.9 Å². The molecule has 0 aliphatic carbocycles. The predicted octanol–water partition coefficient (Wildman–Crippen LogP) is 2.39. The largest absolute Gasteiger partial charge is 0.465 e. The predicted molar refractivity (Wildman–Crippen MR) is 127 cm³/mol. The standard InChI is InChI=1S/C25H36N2O5S/c1-6-16(4)17(14-28)27-20-22(30)26(15(2)3)12-9-11-25(20)18(21(27)29)19-23(31)32-13-8-7-10-24(19,5)33-25/h7,9-11,15-20,28H,6,8,12-14H2,1-5H3/t16-,17-,18-,19-,20?,24+,25-/m0/s1. The quantitative estimate of drug-likeness (QED) is 0.484. The van der Waals surface area contributed by atoms with Crippen molar-refractivity contribution in [2.45, 2.75) is 75.1 Å². The first kappa shape index (κ1) is 24.3. The number of amides is 2. The second kappa shape index (κ2) is 8.77. The Labute approximate surface area is 200 Å². The average molecular weight is 477 g/mol. The van der Waals surface area contributed by atoms with E-state index in [0.717, 1.165) is 6.42 Å². The molecule has 1 spiro atoms. The summed E-state index contributed by atoms with van der Waals surface area (Å²) in [7, 11) is 0. The lowest BCUT2D eigenvalue weighted by Gasteiger charge is -2.42. The van der Waals surface area contributed by atoms with Crippen LogP contribution in [-0.4, -0.2) is 80.1 Å². The molecule has 4 heterocycles. The molecule has 2 fully saturated rings. The van der Waals surface area contributed by atoms with Gasteiger partial charge < -0.3 is 19.6 Å². The molecule has 0 radical (unpaired) electrons. The number of nitrogens with zero attached hydrogens (tertiary/aromatic N) is 2. The van der Waals surface area contributed by atoms with Crippen LogP contribution < -0.4 is 0 Å². The summed E-state index contributed by atoms with van der Waals surface area (Å²) >= 11 is 1.54. The number of hydrogen-bond acceptors (Lipinski definition) is 6. The molecule has 4 aliphatic rings. The third kappa shape index (κ3) is 3.55. The highest BCUT2D eigenvalue weighted by Crippen LogP contribution is 2.65. The third-order valence-corrected chi connectivity index (χ3v) is 9.75. The Morgan fingerprint density at radius 1 is 1.15 bits per heavy atom. The summed E-state index contributed by atoms with van der Waals surface area (Å²) in [5.41, 5.74) is 0. The van der Waals surface area contributed by atoms with E-state index in [2.05, 4.69) is 0 Å². The topological polar surface area (TPSA) is 87.2 Å². The van der Waals surface area contributed by atoms with E-state index in [-0.39, 0.29) is 43.0 Å². The van der Waals surface area contributed by atoms with Crippen molar-refractivity contribution in [1.82, 2.24) is 9.80 Å². The Balaban J connectivity index is 1.92. The van der Waals surface area contributed by atoms with Gasteiger partial charge in [-0.05, 0) is 33.1 Å². The fourth-order valence-corrected chi connectivity index (χ4v) is 8.22. The van der Waals surface area contributed by atoms with Crippen LogP contribution in [0.15, 0.2) is 24.3 Å². The fraction of sp³-hybridized carbons (Fsp3) is 0.720. The molecule has 7 atom stereocenters. The van der Waals surface area contributed by atoms with Gasteiger partial charge in [-0.25, -0.2) is 0 Å². The van der Waals surface area contributed by atoms with E-state index in [1.165, 1.54) is 0 Å². The van der Waals surface area contributed by atoms with Crippen LogP contribution in [0.25, 0.3) is 0 Å². The van der Waals surface area contributed by atoms with Crippen molar-refractivity contribution in [2.75, 3.05) is 19.8 Å². The van der Waals surface area contributed by atoms with Crippen LogP contribution in [0.5, 0.6) is 0 Å². The molecule has 0 aromatic rings. The van der Waals surface area contributed by atoms with Gasteiger partial charge in [-0.3, -0.25) is 14.4 Å². The minimum absolute atomic E-state index is 0.00271. The van der Waals surface area contributed by atoms with Gasteiger partial charge in [0.25, 0.3) is 0 Å². The summed E-state index contributed by atoms with van der Waals surface area (Å²) in [6.07, 6.45) is 9.42. The number of carbonyl (C=O) groups excluding carboxylic acids is 3. The lowest BCUT2D eigenvalue weighted by atomic mass is 9.74. The number of ether oxygens (including phenoxy) is 1. The first-order valence-electron chi connectivity index (χ1n) is 12.1. The molecule has 1 unspecified atom stereocenters. The van der Waals surface area contributed by atoms with Gasteiger partial charge in [0.05, 0.1) is 35.8 Å². The third-order valence-electron chi connectivity index (χ3n) is 7.96. The lowest BCUT2D eigenvalue weighted by molar-refractivity contribution is -0.155. The summed E-state index contributed by atoms with van der Waals surface area (Å²) < 4.78 is 4.00. The molecule has 8 heteroatoms. The molecule has 1 N–H and O–H groups in total. The van der Waals surface area contributed by atoms with E-state index in [0.29, 0.717) is 13.0 Å². The number of carbonyl (C=O) groups is 3. The van der Waals surface area contributed by atoms with Gasteiger partial charge in [-0.1, -0.05) is 44.6 Å². The normalized spacial score (nSPS) is 37.8. The van der Waals surface area contributed by atoms with Crippen LogP contribution >= 0.6 is 11.8 Å². The molecule has 4 aliphatic heterocycles. The minimum Gasteiger partial charge on any atom is -0.465 e. The Hall–Kier alpha value is -1.80. The van der Waals surface area contributed by atoms with Crippen molar-refractivity contribution >= 4 is 29.5 Å². The summed E-state index contributed by atoms with van der Waals surface area (Å²) in [6, 6.07) is -1.31. The van der Waals surface area contributed by atoms with Gasteiger partial charge in [0.2, 0.25) is 11.8 Å². The summed E-state index contributed by atoms with van der Waals surface area (Å²) in [4.78, 5) is 45.0. The van der Waals surface area contributed by atoms with Gasteiger partial charge in [-0.15, -0.1) is 11.8 Å². The minimum atomic E-state index is -0.897. The first-order valence-corrected chi connectivity index (χ1v) is 12.9. The molecule has 33 heavy (non-hydrogen) atoms. The Morgan fingerprint density at radius 2 is 1.88 bits per heavy atom. The number of aliphatic hydroxyl groups excluding tert-OH is 1. The maximum absolute atomic E-state index is 14.2.